The van der Waals surface area contributed by atoms with Gasteiger partial charge >= 0.3 is 0 Å². The van der Waals surface area contributed by atoms with Gasteiger partial charge in [-0.1, -0.05) is 58.0 Å². The lowest BCUT2D eigenvalue weighted by Crippen LogP contribution is -2.50. The normalized spacial score (nSPS) is 17.3. The Morgan fingerprint density at radius 1 is 1.21 bits per heavy atom. The number of unbranched alkanes of at least 4 members (excludes halogenated alkanes) is 2. The van der Waals surface area contributed by atoms with E-state index in [0.717, 1.165) is 12.8 Å². The van der Waals surface area contributed by atoms with Crippen LogP contribution in [0.15, 0.2) is 12.2 Å². The summed E-state index contributed by atoms with van der Waals surface area (Å²) in [7, 11) is -1.51. The third kappa shape index (κ3) is 3.97. The van der Waals surface area contributed by atoms with Crippen molar-refractivity contribution in [2.24, 2.45) is 0 Å². The Kier molecular flexibility index (Phi) is 5.68. The standard InChI is InChI=1S/C12H26OSi/c1-6-8-9-11-12(13,10-7-2)14(3,4)5/h7,10,13H,6,8-9,11H2,1-5H3. The lowest BCUT2D eigenvalue weighted by atomic mass is 10.1. The Labute approximate surface area is 90.2 Å². The van der Waals surface area contributed by atoms with Gasteiger partial charge in [0.05, 0.1) is 13.3 Å². The fourth-order valence-electron chi connectivity index (χ4n) is 1.63. The van der Waals surface area contributed by atoms with Gasteiger partial charge in [-0.2, -0.15) is 0 Å². The number of aliphatic hydroxyl groups is 1. The van der Waals surface area contributed by atoms with Gasteiger partial charge in [0.15, 0.2) is 0 Å². The Bertz CT molecular complexity index is 181. The predicted octanol–water partition coefficient (Wildman–Crippen LogP) is 3.75. The molecule has 0 rings (SSSR count). The van der Waals surface area contributed by atoms with Crippen molar-refractivity contribution >= 4 is 8.07 Å². The Morgan fingerprint density at radius 2 is 1.79 bits per heavy atom. The van der Waals surface area contributed by atoms with Crippen LogP contribution in [-0.4, -0.2) is 18.4 Å². The summed E-state index contributed by atoms with van der Waals surface area (Å²) < 4.78 is 0. The van der Waals surface area contributed by atoms with Crippen LogP contribution in [0.3, 0.4) is 0 Å². The van der Waals surface area contributed by atoms with Crippen molar-refractivity contribution in [3.05, 3.63) is 12.2 Å². The van der Waals surface area contributed by atoms with Crippen molar-refractivity contribution in [2.45, 2.75) is 64.4 Å². The zero-order valence-corrected chi connectivity index (χ0v) is 11.4. The molecule has 0 saturated carbocycles. The van der Waals surface area contributed by atoms with E-state index in [1.54, 1.807) is 0 Å². The summed E-state index contributed by atoms with van der Waals surface area (Å²) in [5.74, 6) is 0. The second-order valence-electron chi connectivity index (χ2n) is 5.13. The Morgan fingerprint density at radius 3 is 2.14 bits per heavy atom. The van der Waals surface area contributed by atoms with Gasteiger partial charge in [0.1, 0.15) is 0 Å². The molecule has 84 valence electrons. The molecule has 0 bridgehead atoms. The molecule has 0 saturated heterocycles. The first-order chi connectivity index (χ1) is 6.37. The number of hydrogen-bond acceptors (Lipinski definition) is 1. The smallest absolute Gasteiger partial charge is 0.0870 e. The molecule has 1 unspecified atom stereocenters. The molecule has 0 amide bonds. The molecular weight excluding hydrogens is 188 g/mol. The topological polar surface area (TPSA) is 20.2 Å². The van der Waals surface area contributed by atoms with E-state index in [2.05, 4.69) is 26.6 Å². The van der Waals surface area contributed by atoms with Crippen LogP contribution in [0, 0.1) is 0 Å². The molecule has 1 atom stereocenters. The molecule has 0 aliphatic rings. The highest BCUT2D eigenvalue weighted by Gasteiger charge is 2.38. The average Bonchev–Trinajstić information content (AvgIpc) is 2.03. The molecule has 1 nitrogen and oxygen atoms in total. The maximum atomic E-state index is 10.5. The van der Waals surface area contributed by atoms with Gasteiger partial charge in [0, 0.05) is 0 Å². The summed E-state index contributed by atoms with van der Waals surface area (Å²) in [6.45, 7) is 10.9. The second kappa shape index (κ2) is 5.71. The van der Waals surface area contributed by atoms with E-state index in [4.69, 9.17) is 0 Å². The van der Waals surface area contributed by atoms with E-state index >= 15 is 0 Å². The van der Waals surface area contributed by atoms with Gasteiger partial charge in [-0.15, -0.1) is 0 Å². The number of allylic oxidation sites excluding steroid dienone is 1. The van der Waals surface area contributed by atoms with Crippen LogP contribution in [0.25, 0.3) is 0 Å². The van der Waals surface area contributed by atoms with Crippen molar-refractivity contribution in [2.75, 3.05) is 0 Å². The summed E-state index contributed by atoms with van der Waals surface area (Å²) >= 11 is 0. The lowest BCUT2D eigenvalue weighted by Gasteiger charge is -2.36. The van der Waals surface area contributed by atoms with Crippen LogP contribution in [0.4, 0.5) is 0 Å². The highest BCUT2D eigenvalue weighted by molar-refractivity contribution is 6.79. The van der Waals surface area contributed by atoms with Gasteiger partial charge in [-0.25, -0.2) is 0 Å². The van der Waals surface area contributed by atoms with E-state index < -0.39 is 13.3 Å². The van der Waals surface area contributed by atoms with Gasteiger partial charge in [0.2, 0.25) is 0 Å². The molecule has 0 aliphatic heterocycles. The van der Waals surface area contributed by atoms with Crippen LogP contribution in [0.1, 0.15) is 39.5 Å². The highest BCUT2D eigenvalue weighted by Crippen LogP contribution is 2.28. The largest absolute Gasteiger partial charge is 0.389 e. The highest BCUT2D eigenvalue weighted by atomic mass is 28.3. The van der Waals surface area contributed by atoms with Crippen LogP contribution < -0.4 is 0 Å². The third-order valence-electron chi connectivity index (χ3n) is 2.90. The molecule has 0 spiro atoms. The number of rotatable bonds is 6. The van der Waals surface area contributed by atoms with E-state index in [-0.39, 0.29) is 0 Å². The number of hydrogen-bond donors (Lipinski definition) is 1. The summed E-state index contributed by atoms with van der Waals surface area (Å²) in [4.78, 5) is 0. The van der Waals surface area contributed by atoms with Gasteiger partial charge in [-0.3, -0.25) is 0 Å². The predicted molar refractivity (Wildman–Crippen MR) is 67.3 cm³/mol. The molecule has 0 radical (unpaired) electrons. The van der Waals surface area contributed by atoms with Crippen molar-refractivity contribution in [3.8, 4) is 0 Å². The van der Waals surface area contributed by atoms with E-state index in [1.165, 1.54) is 12.8 Å². The Hall–Kier alpha value is -0.0831. The van der Waals surface area contributed by atoms with Crippen molar-refractivity contribution in [3.63, 3.8) is 0 Å². The molecule has 0 aromatic heterocycles. The molecule has 0 heterocycles. The molecule has 0 aromatic rings. The summed E-state index contributed by atoms with van der Waals surface area (Å²) in [6, 6.07) is 0. The van der Waals surface area contributed by atoms with Gasteiger partial charge in [0.25, 0.3) is 0 Å². The molecule has 2 heteroatoms. The van der Waals surface area contributed by atoms with Crippen molar-refractivity contribution in [1.82, 2.24) is 0 Å². The van der Waals surface area contributed by atoms with Crippen LogP contribution >= 0.6 is 0 Å². The zero-order valence-electron chi connectivity index (χ0n) is 10.4. The minimum absolute atomic E-state index is 0.503. The van der Waals surface area contributed by atoms with Crippen molar-refractivity contribution < 1.29 is 5.11 Å². The van der Waals surface area contributed by atoms with Crippen LogP contribution in [0.5, 0.6) is 0 Å². The van der Waals surface area contributed by atoms with Crippen LogP contribution in [-0.2, 0) is 0 Å². The first kappa shape index (κ1) is 13.9. The second-order valence-corrected chi connectivity index (χ2v) is 10.5. The maximum Gasteiger partial charge on any atom is 0.0870 e. The van der Waals surface area contributed by atoms with Crippen molar-refractivity contribution in [1.29, 1.82) is 0 Å². The van der Waals surface area contributed by atoms with Crippen LogP contribution in [0.2, 0.25) is 19.6 Å². The summed E-state index contributed by atoms with van der Waals surface area (Å²) in [5, 5.41) is 10.0. The fraction of sp³-hybridized carbons (Fsp3) is 0.833. The van der Waals surface area contributed by atoms with E-state index in [0.29, 0.717) is 0 Å². The van der Waals surface area contributed by atoms with E-state index in [1.807, 2.05) is 19.1 Å². The quantitative estimate of drug-likeness (QED) is 0.405. The molecule has 0 aliphatic carbocycles. The summed E-state index contributed by atoms with van der Waals surface area (Å²) in [6.07, 6.45) is 8.52. The Balaban J connectivity index is 4.41. The van der Waals surface area contributed by atoms with Gasteiger partial charge in [-0.05, 0) is 13.3 Å². The molecule has 1 N–H and O–H groups in total. The van der Waals surface area contributed by atoms with E-state index in [9.17, 15) is 5.11 Å². The average molecular weight is 214 g/mol. The zero-order chi connectivity index (χ0) is 11.2. The fourth-order valence-corrected chi connectivity index (χ4v) is 3.22. The summed E-state index contributed by atoms with van der Waals surface area (Å²) in [5.41, 5.74) is 0. The minimum atomic E-state index is -1.51. The third-order valence-corrected chi connectivity index (χ3v) is 5.92. The molecule has 14 heavy (non-hydrogen) atoms. The monoisotopic (exact) mass is 214 g/mol. The minimum Gasteiger partial charge on any atom is -0.389 e. The first-order valence-electron chi connectivity index (χ1n) is 5.73. The molecule has 0 aromatic carbocycles. The maximum absolute atomic E-state index is 10.5. The first-order valence-corrected chi connectivity index (χ1v) is 9.23. The molecular formula is C12H26OSi. The SMILES string of the molecule is CC=CC(O)(CCCCC)[Si](C)(C)C. The van der Waals surface area contributed by atoms with Gasteiger partial charge < -0.3 is 5.11 Å². The molecule has 0 fully saturated rings. The lowest BCUT2D eigenvalue weighted by molar-refractivity contribution is 0.151.